The third-order valence-corrected chi connectivity index (χ3v) is 4.65. The molecule has 0 heterocycles. The molecule has 6 nitrogen and oxygen atoms in total. The van der Waals surface area contributed by atoms with Gasteiger partial charge in [-0.2, -0.15) is 0 Å². The highest BCUT2D eigenvalue weighted by molar-refractivity contribution is 7.89. The summed E-state index contributed by atoms with van der Waals surface area (Å²) in [5.41, 5.74) is -1.46. The lowest BCUT2D eigenvalue weighted by atomic mass is 10.0. The third-order valence-electron chi connectivity index (χ3n) is 2.98. The fourth-order valence-electron chi connectivity index (χ4n) is 1.45. The first-order valence-corrected chi connectivity index (χ1v) is 7.31. The quantitative estimate of drug-likeness (QED) is 0.726. The molecule has 0 spiro atoms. The molecule has 0 aliphatic rings. The number of sulfonamides is 1. The average molecular weight is 305 g/mol. The molecule has 1 aromatic carbocycles. The Labute approximate surface area is 116 Å². The monoisotopic (exact) mass is 305 g/mol. The Morgan fingerprint density at radius 3 is 2.45 bits per heavy atom. The van der Waals surface area contributed by atoms with Crippen molar-refractivity contribution in [1.82, 2.24) is 4.72 Å². The summed E-state index contributed by atoms with van der Waals surface area (Å²) in [4.78, 5) is 10.0. The summed E-state index contributed by atoms with van der Waals surface area (Å²) in [7, 11) is -4.19. The van der Waals surface area contributed by atoms with Crippen molar-refractivity contribution < 1.29 is 27.8 Å². The van der Waals surface area contributed by atoms with Crippen LogP contribution in [0.5, 0.6) is 0 Å². The lowest BCUT2D eigenvalue weighted by Crippen LogP contribution is -2.48. The van der Waals surface area contributed by atoms with Crippen LogP contribution in [-0.4, -0.2) is 36.7 Å². The Bertz CT molecular complexity index is 610. The van der Waals surface area contributed by atoms with Crippen LogP contribution in [0.15, 0.2) is 23.1 Å². The van der Waals surface area contributed by atoms with Gasteiger partial charge in [-0.25, -0.2) is 22.3 Å². The van der Waals surface area contributed by atoms with Crippen LogP contribution in [-0.2, 0) is 10.0 Å². The molecule has 0 amide bonds. The van der Waals surface area contributed by atoms with E-state index in [0.29, 0.717) is 12.5 Å². The van der Waals surface area contributed by atoms with Gasteiger partial charge in [0.05, 0.1) is 17.7 Å². The largest absolute Gasteiger partial charge is 0.478 e. The number of carbonyl (C=O) groups is 1. The number of halogens is 1. The smallest absolute Gasteiger partial charge is 0.335 e. The van der Waals surface area contributed by atoms with Gasteiger partial charge in [0.2, 0.25) is 10.0 Å². The molecule has 0 aliphatic carbocycles. The Morgan fingerprint density at radius 1 is 1.45 bits per heavy atom. The van der Waals surface area contributed by atoms with Gasteiger partial charge in [-0.05, 0) is 31.5 Å². The molecule has 0 aromatic heterocycles. The van der Waals surface area contributed by atoms with E-state index in [1.54, 1.807) is 6.92 Å². The van der Waals surface area contributed by atoms with Crippen molar-refractivity contribution >= 4 is 16.0 Å². The van der Waals surface area contributed by atoms with Crippen molar-refractivity contribution in [3.63, 3.8) is 0 Å². The third kappa shape index (κ3) is 3.53. The summed E-state index contributed by atoms with van der Waals surface area (Å²) in [6.45, 7) is 2.70. The summed E-state index contributed by atoms with van der Waals surface area (Å²) < 4.78 is 40.1. The fraction of sp³-hybridized carbons (Fsp3) is 0.417. The summed E-state index contributed by atoms with van der Waals surface area (Å²) in [5.74, 6) is -2.51. The van der Waals surface area contributed by atoms with Crippen molar-refractivity contribution in [3.8, 4) is 0 Å². The summed E-state index contributed by atoms with van der Waals surface area (Å²) in [6, 6.07) is 2.52. The predicted molar refractivity (Wildman–Crippen MR) is 69.5 cm³/mol. The fourth-order valence-corrected chi connectivity index (χ4v) is 2.98. The number of aromatic carboxylic acids is 1. The number of carboxylic acid groups (broad SMARTS) is 1. The molecule has 1 rings (SSSR count). The van der Waals surface area contributed by atoms with E-state index < -0.39 is 38.9 Å². The molecule has 0 saturated carbocycles. The van der Waals surface area contributed by atoms with Gasteiger partial charge in [0.25, 0.3) is 0 Å². The van der Waals surface area contributed by atoms with Gasteiger partial charge >= 0.3 is 5.97 Å². The minimum atomic E-state index is -4.19. The molecule has 0 saturated heterocycles. The zero-order valence-corrected chi connectivity index (χ0v) is 11.9. The number of aliphatic hydroxyl groups is 1. The highest BCUT2D eigenvalue weighted by Gasteiger charge is 2.30. The highest BCUT2D eigenvalue weighted by Crippen LogP contribution is 2.19. The van der Waals surface area contributed by atoms with Gasteiger partial charge in [-0.15, -0.1) is 0 Å². The molecule has 0 aliphatic heterocycles. The lowest BCUT2D eigenvalue weighted by Gasteiger charge is -2.26. The van der Waals surface area contributed by atoms with Crippen molar-refractivity contribution in [2.24, 2.45) is 0 Å². The first-order valence-electron chi connectivity index (χ1n) is 5.83. The molecule has 1 atom stereocenters. The van der Waals surface area contributed by atoms with Crippen LogP contribution in [0.2, 0.25) is 0 Å². The minimum absolute atomic E-state index is 0.303. The Kier molecular flexibility index (Phi) is 4.85. The topological polar surface area (TPSA) is 104 Å². The number of hydrogen-bond acceptors (Lipinski definition) is 4. The van der Waals surface area contributed by atoms with Crippen LogP contribution < -0.4 is 4.72 Å². The zero-order chi connectivity index (χ0) is 15.6. The zero-order valence-electron chi connectivity index (χ0n) is 11.1. The Hall–Kier alpha value is -1.51. The van der Waals surface area contributed by atoms with E-state index in [2.05, 4.69) is 4.72 Å². The molecule has 1 aromatic rings. The maximum atomic E-state index is 13.7. The van der Waals surface area contributed by atoms with Crippen molar-refractivity contribution in [2.75, 3.05) is 6.61 Å². The SMILES string of the molecule is CCC(C)(CO)NS(=O)(=O)c1ccc(C(=O)O)cc1F. The second-order valence-electron chi connectivity index (χ2n) is 4.63. The summed E-state index contributed by atoms with van der Waals surface area (Å²) in [6.07, 6.45) is 0.303. The molecular formula is C12H16FNO5S. The standard InChI is InChI=1S/C12H16FNO5S/c1-3-12(2,7-15)14-20(18,19)10-5-4-8(11(16)17)6-9(10)13/h4-6,14-15H,3,7H2,1-2H3,(H,16,17). The van der Waals surface area contributed by atoms with Gasteiger partial charge < -0.3 is 10.2 Å². The van der Waals surface area contributed by atoms with Crippen molar-refractivity contribution in [1.29, 1.82) is 0 Å². The number of rotatable bonds is 6. The van der Waals surface area contributed by atoms with Crippen LogP contribution in [0.3, 0.4) is 0 Å². The van der Waals surface area contributed by atoms with E-state index in [9.17, 15) is 22.7 Å². The number of benzene rings is 1. The van der Waals surface area contributed by atoms with E-state index in [1.807, 2.05) is 0 Å². The highest BCUT2D eigenvalue weighted by atomic mass is 32.2. The van der Waals surface area contributed by atoms with Crippen molar-refractivity contribution in [2.45, 2.75) is 30.7 Å². The molecule has 1 unspecified atom stereocenters. The first-order chi connectivity index (χ1) is 9.15. The van der Waals surface area contributed by atoms with Crippen LogP contribution in [0.1, 0.15) is 30.6 Å². The van der Waals surface area contributed by atoms with Gasteiger partial charge in [-0.3, -0.25) is 0 Å². The van der Waals surface area contributed by atoms with Gasteiger partial charge in [0, 0.05) is 0 Å². The maximum absolute atomic E-state index is 13.7. The van der Waals surface area contributed by atoms with E-state index in [1.165, 1.54) is 6.92 Å². The normalized spacial score (nSPS) is 14.8. The van der Waals surface area contributed by atoms with Gasteiger partial charge in [0.1, 0.15) is 10.7 Å². The van der Waals surface area contributed by atoms with Crippen LogP contribution in [0.4, 0.5) is 4.39 Å². The number of nitrogens with one attached hydrogen (secondary N) is 1. The predicted octanol–water partition coefficient (Wildman–Crippen LogP) is 0.963. The van der Waals surface area contributed by atoms with Crippen LogP contribution >= 0.6 is 0 Å². The molecule has 0 fully saturated rings. The van der Waals surface area contributed by atoms with E-state index >= 15 is 0 Å². The number of hydrogen-bond donors (Lipinski definition) is 3. The molecule has 0 radical (unpaired) electrons. The molecule has 20 heavy (non-hydrogen) atoms. The molecule has 8 heteroatoms. The van der Waals surface area contributed by atoms with E-state index in [4.69, 9.17) is 5.11 Å². The van der Waals surface area contributed by atoms with Crippen LogP contribution in [0, 0.1) is 5.82 Å². The second kappa shape index (κ2) is 5.86. The van der Waals surface area contributed by atoms with E-state index in [-0.39, 0.29) is 5.56 Å². The molecule has 3 N–H and O–H groups in total. The number of aliphatic hydroxyl groups excluding tert-OH is 1. The lowest BCUT2D eigenvalue weighted by molar-refractivity contribution is 0.0696. The van der Waals surface area contributed by atoms with Crippen LogP contribution in [0.25, 0.3) is 0 Å². The summed E-state index contributed by atoms with van der Waals surface area (Å²) >= 11 is 0. The Morgan fingerprint density at radius 2 is 2.05 bits per heavy atom. The van der Waals surface area contributed by atoms with Gasteiger partial charge in [0.15, 0.2) is 0 Å². The Balaban J connectivity index is 3.20. The number of carboxylic acids is 1. The van der Waals surface area contributed by atoms with Gasteiger partial charge in [-0.1, -0.05) is 6.92 Å². The molecule has 0 bridgehead atoms. The van der Waals surface area contributed by atoms with E-state index in [0.717, 1.165) is 12.1 Å². The maximum Gasteiger partial charge on any atom is 0.335 e. The molecule has 112 valence electrons. The van der Waals surface area contributed by atoms with Crippen molar-refractivity contribution in [3.05, 3.63) is 29.6 Å². The first kappa shape index (κ1) is 16.5. The molecular weight excluding hydrogens is 289 g/mol. The second-order valence-corrected chi connectivity index (χ2v) is 6.28. The summed E-state index contributed by atoms with van der Waals surface area (Å²) in [5, 5.41) is 17.9. The average Bonchev–Trinajstić information content (AvgIpc) is 2.37. The minimum Gasteiger partial charge on any atom is -0.478 e.